The van der Waals surface area contributed by atoms with Crippen LogP contribution in [0.1, 0.15) is 0 Å². The molecule has 0 bridgehead atoms. The molecular formula is C9H10FIN2O. The lowest BCUT2D eigenvalue weighted by atomic mass is 10.2. The van der Waals surface area contributed by atoms with Gasteiger partial charge in [-0.2, -0.15) is 0 Å². The topological polar surface area (TPSA) is 25.4 Å². The minimum atomic E-state index is -0.383. The standard InChI is InChI=1S/C9H10FIN2O/c1-13-4-7(5-13)14-9-8(10)2-6(11)3-12-9/h2-3,7H,4-5H2,1H3. The zero-order valence-electron chi connectivity index (χ0n) is 7.70. The normalized spacial score (nSPS) is 17.9. The van der Waals surface area contributed by atoms with Crippen LogP contribution in [0.5, 0.6) is 5.88 Å². The highest BCUT2D eigenvalue weighted by Crippen LogP contribution is 2.19. The Kier molecular flexibility index (Phi) is 2.87. The summed E-state index contributed by atoms with van der Waals surface area (Å²) in [6.45, 7) is 1.68. The Balaban J connectivity index is 2.02. The van der Waals surface area contributed by atoms with Crippen LogP contribution < -0.4 is 4.74 Å². The molecule has 0 amide bonds. The van der Waals surface area contributed by atoms with Gasteiger partial charge in [-0.25, -0.2) is 9.37 Å². The minimum absolute atomic E-state index is 0.0852. The summed E-state index contributed by atoms with van der Waals surface area (Å²) in [7, 11) is 2.00. The van der Waals surface area contributed by atoms with Gasteiger partial charge in [0.15, 0.2) is 5.82 Å². The Labute approximate surface area is 95.4 Å². The number of nitrogens with zero attached hydrogens (tertiary/aromatic N) is 2. The van der Waals surface area contributed by atoms with Crippen LogP contribution in [0, 0.1) is 9.39 Å². The highest BCUT2D eigenvalue weighted by atomic mass is 127. The third-order valence-corrected chi connectivity index (χ3v) is 2.67. The van der Waals surface area contributed by atoms with Gasteiger partial charge in [-0.05, 0) is 35.7 Å². The SMILES string of the molecule is CN1CC(Oc2ncc(I)cc2F)C1. The Morgan fingerprint density at radius 1 is 1.64 bits per heavy atom. The number of aromatic nitrogens is 1. The van der Waals surface area contributed by atoms with Crippen molar-refractivity contribution in [3.05, 3.63) is 21.7 Å². The smallest absolute Gasteiger partial charge is 0.250 e. The van der Waals surface area contributed by atoms with Gasteiger partial charge in [-0.15, -0.1) is 0 Å². The first kappa shape index (κ1) is 10.1. The van der Waals surface area contributed by atoms with Crippen molar-refractivity contribution in [1.29, 1.82) is 0 Å². The lowest BCUT2D eigenvalue weighted by Crippen LogP contribution is -2.51. The largest absolute Gasteiger partial charge is 0.470 e. The third-order valence-electron chi connectivity index (χ3n) is 2.08. The lowest BCUT2D eigenvalue weighted by molar-refractivity contribution is 0.0325. The molecule has 0 aromatic carbocycles. The molecule has 0 aliphatic carbocycles. The molecule has 0 unspecified atom stereocenters. The van der Waals surface area contributed by atoms with Gasteiger partial charge >= 0.3 is 0 Å². The van der Waals surface area contributed by atoms with Crippen molar-refractivity contribution in [1.82, 2.24) is 9.88 Å². The van der Waals surface area contributed by atoms with Crippen molar-refractivity contribution in [2.24, 2.45) is 0 Å². The van der Waals surface area contributed by atoms with Gasteiger partial charge in [0.1, 0.15) is 6.10 Å². The number of likely N-dealkylation sites (tertiary alicyclic amines) is 1. The highest BCUT2D eigenvalue weighted by molar-refractivity contribution is 14.1. The van der Waals surface area contributed by atoms with E-state index in [1.165, 1.54) is 6.07 Å². The highest BCUT2D eigenvalue weighted by Gasteiger charge is 2.26. The molecule has 1 aromatic heterocycles. The Morgan fingerprint density at radius 3 is 2.93 bits per heavy atom. The van der Waals surface area contributed by atoms with Crippen LogP contribution in [-0.2, 0) is 0 Å². The van der Waals surface area contributed by atoms with Gasteiger partial charge in [0.2, 0.25) is 0 Å². The van der Waals surface area contributed by atoms with E-state index in [2.05, 4.69) is 9.88 Å². The number of hydrogen-bond donors (Lipinski definition) is 0. The first-order valence-corrected chi connectivity index (χ1v) is 5.39. The molecule has 2 rings (SSSR count). The molecular weight excluding hydrogens is 298 g/mol. The summed E-state index contributed by atoms with van der Waals surface area (Å²) in [5, 5.41) is 0. The van der Waals surface area contributed by atoms with Gasteiger partial charge < -0.3 is 4.74 Å². The Morgan fingerprint density at radius 2 is 2.36 bits per heavy atom. The maximum absolute atomic E-state index is 13.3. The maximum Gasteiger partial charge on any atom is 0.250 e. The van der Waals surface area contributed by atoms with Crippen molar-refractivity contribution in [2.75, 3.05) is 20.1 Å². The van der Waals surface area contributed by atoms with Gasteiger partial charge in [0, 0.05) is 22.9 Å². The summed E-state index contributed by atoms with van der Waals surface area (Å²) in [6, 6.07) is 1.42. The lowest BCUT2D eigenvalue weighted by Gasteiger charge is -2.35. The number of ether oxygens (including phenoxy) is 1. The quantitative estimate of drug-likeness (QED) is 0.775. The molecule has 2 heterocycles. The molecule has 0 atom stereocenters. The monoisotopic (exact) mass is 308 g/mol. The fraction of sp³-hybridized carbons (Fsp3) is 0.444. The molecule has 0 saturated carbocycles. The second-order valence-corrected chi connectivity index (χ2v) is 4.65. The maximum atomic E-state index is 13.3. The number of hydrogen-bond acceptors (Lipinski definition) is 3. The second-order valence-electron chi connectivity index (χ2n) is 3.40. The van der Waals surface area contributed by atoms with E-state index >= 15 is 0 Å². The molecule has 1 aromatic rings. The van der Waals surface area contributed by atoms with Crippen molar-refractivity contribution < 1.29 is 9.13 Å². The fourth-order valence-electron chi connectivity index (χ4n) is 1.36. The van der Waals surface area contributed by atoms with Gasteiger partial charge in [0.05, 0.1) is 0 Å². The van der Waals surface area contributed by atoms with Gasteiger partial charge in [-0.1, -0.05) is 0 Å². The van der Waals surface area contributed by atoms with Crippen molar-refractivity contribution in [3.8, 4) is 5.88 Å². The summed E-state index contributed by atoms with van der Waals surface area (Å²) >= 11 is 2.02. The average Bonchev–Trinajstić information content (AvgIpc) is 2.06. The minimum Gasteiger partial charge on any atom is -0.470 e. The first-order chi connectivity index (χ1) is 6.65. The van der Waals surface area contributed by atoms with E-state index in [1.54, 1.807) is 6.20 Å². The van der Waals surface area contributed by atoms with E-state index in [9.17, 15) is 4.39 Å². The molecule has 14 heavy (non-hydrogen) atoms. The number of pyridine rings is 1. The molecule has 1 fully saturated rings. The number of likely N-dealkylation sites (N-methyl/N-ethyl adjacent to an activating group) is 1. The predicted molar refractivity (Wildman–Crippen MR) is 58.8 cm³/mol. The summed E-state index contributed by atoms with van der Waals surface area (Å²) < 4.78 is 19.4. The molecule has 1 aliphatic heterocycles. The van der Waals surface area contributed by atoms with E-state index in [0.717, 1.165) is 16.7 Å². The summed E-state index contributed by atoms with van der Waals surface area (Å²) in [4.78, 5) is 6.01. The molecule has 0 radical (unpaired) electrons. The summed E-state index contributed by atoms with van der Waals surface area (Å²) in [5.74, 6) is -0.269. The summed E-state index contributed by atoms with van der Waals surface area (Å²) in [5.41, 5.74) is 0. The van der Waals surface area contributed by atoms with Crippen LogP contribution in [-0.4, -0.2) is 36.1 Å². The number of halogens is 2. The van der Waals surface area contributed by atoms with Gasteiger partial charge in [-0.3, -0.25) is 4.90 Å². The van der Waals surface area contributed by atoms with Gasteiger partial charge in [0.25, 0.3) is 5.88 Å². The van der Waals surface area contributed by atoms with E-state index in [0.29, 0.717) is 0 Å². The van der Waals surface area contributed by atoms with E-state index < -0.39 is 0 Å². The Hall–Kier alpha value is -0.430. The van der Waals surface area contributed by atoms with Crippen molar-refractivity contribution >= 4 is 22.6 Å². The fourth-order valence-corrected chi connectivity index (χ4v) is 1.78. The van der Waals surface area contributed by atoms with Crippen LogP contribution in [0.25, 0.3) is 0 Å². The second kappa shape index (κ2) is 3.98. The zero-order chi connectivity index (χ0) is 10.1. The molecule has 1 saturated heterocycles. The summed E-state index contributed by atoms with van der Waals surface area (Å²) in [6.07, 6.45) is 1.68. The van der Waals surface area contributed by atoms with Crippen LogP contribution >= 0.6 is 22.6 Å². The molecule has 0 N–H and O–H groups in total. The molecule has 0 spiro atoms. The zero-order valence-corrected chi connectivity index (χ0v) is 9.86. The average molecular weight is 308 g/mol. The molecule has 76 valence electrons. The van der Waals surface area contributed by atoms with E-state index in [4.69, 9.17) is 4.74 Å². The Bertz CT molecular complexity index is 342. The van der Waals surface area contributed by atoms with Crippen LogP contribution in [0.4, 0.5) is 4.39 Å². The molecule has 3 nitrogen and oxygen atoms in total. The van der Waals surface area contributed by atoms with E-state index in [1.807, 2.05) is 29.6 Å². The molecule has 1 aliphatic rings. The first-order valence-electron chi connectivity index (χ1n) is 4.31. The van der Waals surface area contributed by atoms with Crippen LogP contribution in [0.3, 0.4) is 0 Å². The molecule has 5 heteroatoms. The number of rotatable bonds is 2. The van der Waals surface area contributed by atoms with Crippen molar-refractivity contribution in [2.45, 2.75) is 6.10 Å². The third kappa shape index (κ3) is 2.14. The van der Waals surface area contributed by atoms with E-state index in [-0.39, 0.29) is 17.8 Å². The predicted octanol–water partition coefficient (Wildman–Crippen LogP) is 1.52. The van der Waals surface area contributed by atoms with Crippen LogP contribution in [0.15, 0.2) is 12.3 Å². The van der Waals surface area contributed by atoms with Crippen molar-refractivity contribution in [3.63, 3.8) is 0 Å². The van der Waals surface area contributed by atoms with Crippen LogP contribution in [0.2, 0.25) is 0 Å².